The van der Waals surface area contributed by atoms with Gasteiger partial charge in [-0.25, -0.2) is 8.78 Å². The fourth-order valence-corrected chi connectivity index (χ4v) is 2.48. The molecule has 3 aromatic rings. The predicted molar refractivity (Wildman–Crippen MR) is 98.8 cm³/mol. The summed E-state index contributed by atoms with van der Waals surface area (Å²) in [5, 5.41) is 13.2. The van der Waals surface area contributed by atoms with Crippen LogP contribution in [0.5, 0.6) is 0 Å². The lowest BCUT2D eigenvalue weighted by molar-refractivity contribution is 0.0947. The van der Waals surface area contributed by atoms with Gasteiger partial charge in [0.1, 0.15) is 11.6 Å². The zero-order valence-corrected chi connectivity index (χ0v) is 14.5. The number of carbonyl (C=O) groups is 1. The van der Waals surface area contributed by atoms with E-state index in [1.165, 1.54) is 23.8 Å². The van der Waals surface area contributed by atoms with Gasteiger partial charge in [-0.15, -0.1) is 10.2 Å². The number of benzene rings is 2. The molecule has 0 unspecified atom stereocenters. The van der Waals surface area contributed by atoms with Crippen molar-refractivity contribution in [1.82, 2.24) is 15.5 Å². The van der Waals surface area contributed by atoms with Crippen molar-refractivity contribution in [2.75, 3.05) is 11.9 Å². The van der Waals surface area contributed by atoms with Crippen LogP contribution in [0.3, 0.4) is 0 Å². The van der Waals surface area contributed by atoms with Gasteiger partial charge in [0.2, 0.25) is 0 Å². The summed E-state index contributed by atoms with van der Waals surface area (Å²) in [6.45, 7) is 0.524. The average Bonchev–Trinajstić information content (AvgIpc) is 2.69. The highest BCUT2D eigenvalue weighted by atomic mass is 19.1. The maximum absolute atomic E-state index is 13.6. The quantitative estimate of drug-likeness (QED) is 0.622. The predicted octanol–water partition coefficient (Wildman–Crippen LogP) is 3.86. The zero-order valence-electron chi connectivity index (χ0n) is 14.5. The van der Waals surface area contributed by atoms with Gasteiger partial charge >= 0.3 is 0 Å². The summed E-state index contributed by atoms with van der Waals surface area (Å²) in [6.07, 6.45) is 1.69. The maximum Gasteiger partial charge on any atom is 0.271 e. The van der Waals surface area contributed by atoms with E-state index < -0.39 is 11.6 Å². The lowest BCUT2D eigenvalue weighted by Crippen LogP contribution is -2.26. The smallest absolute Gasteiger partial charge is 0.271 e. The molecule has 0 fully saturated rings. The maximum atomic E-state index is 13.6. The Bertz CT molecular complexity index is 902. The molecule has 0 aliphatic rings. The van der Waals surface area contributed by atoms with Gasteiger partial charge in [-0.05, 0) is 42.7 Å². The monoisotopic (exact) mass is 368 g/mol. The van der Waals surface area contributed by atoms with Gasteiger partial charge in [-0.3, -0.25) is 4.79 Å². The first-order valence-electron chi connectivity index (χ1n) is 8.50. The summed E-state index contributed by atoms with van der Waals surface area (Å²) < 4.78 is 26.5. The summed E-state index contributed by atoms with van der Waals surface area (Å²) >= 11 is 0. The number of hydrogen-bond acceptors (Lipinski definition) is 4. The van der Waals surface area contributed by atoms with Crippen LogP contribution < -0.4 is 10.6 Å². The topological polar surface area (TPSA) is 66.9 Å². The summed E-state index contributed by atoms with van der Waals surface area (Å²) in [7, 11) is 0. The van der Waals surface area contributed by atoms with E-state index in [9.17, 15) is 13.6 Å². The van der Waals surface area contributed by atoms with Crippen molar-refractivity contribution in [3.8, 4) is 0 Å². The van der Waals surface area contributed by atoms with Crippen LogP contribution >= 0.6 is 0 Å². The Hall–Kier alpha value is -3.35. The van der Waals surface area contributed by atoms with Crippen molar-refractivity contribution < 1.29 is 13.6 Å². The third-order valence-electron chi connectivity index (χ3n) is 3.86. The number of aryl methyl sites for hydroxylation is 1. The van der Waals surface area contributed by atoms with Gasteiger partial charge in [0, 0.05) is 12.6 Å². The summed E-state index contributed by atoms with van der Waals surface area (Å²) in [5.74, 6) is -1.48. The second-order valence-corrected chi connectivity index (χ2v) is 5.90. The Labute approximate surface area is 155 Å². The van der Waals surface area contributed by atoms with E-state index in [-0.39, 0.29) is 23.1 Å². The zero-order chi connectivity index (χ0) is 19.1. The first-order chi connectivity index (χ1) is 13.1. The summed E-state index contributed by atoms with van der Waals surface area (Å²) in [6, 6.07) is 16.2. The molecule has 2 N–H and O–H groups in total. The molecule has 0 aliphatic heterocycles. The molecule has 1 aromatic heterocycles. The molecule has 1 amide bonds. The number of anilines is 2. The van der Waals surface area contributed by atoms with Crippen molar-refractivity contribution in [2.45, 2.75) is 12.8 Å². The second-order valence-electron chi connectivity index (χ2n) is 5.90. The molecule has 2 aromatic carbocycles. The molecular weight excluding hydrogens is 350 g/mol. The van der Waals surface area contributed by atoms with E-state index >= 15 is 0 Å². The van der Waals surface area contributed by atoms with E-state index in [0.29, 0.717) is 6.54 Å². The molecule has 0 aliphatic carbocycles. The van der Waals surface area contributed by atoms with E-state index in [2.05, 4.69) is 20.8 Å². The van der Waals surface area contributed by atoms with Crippen molar-refractivity contribution in [2.24, 2.45) is 0 Å². The van der Waals surface area contributed by atoms with Crippen molar-refractivity contribution in [3.05, 3.63) is 83.6 Å². The number of rotatable bonds is 7. The summed E-state index contributed by atoms with van der Waals surface area (Å²) in [5.41, 5.74) is 1.46. The summed E-state index contributed by atoms with van der Waals surface area (Å²) in [4.78, 5) is 12.1. The molecular formula is C20H18F2N4O. The SMILES string of the molecule is O=C(NCCCc1ccccc1)c1ccc(Nc2ccc(F)cc2F)nn1. The van der Waals surface area contributed by atoms with E-state index in [0.717, 1.165) is 25.0 Å². The number of carbonyl (C=O) groups excluding carboxylic acids is 1. The van der Waals surface area contributed by atoms with Gasteiger partial charge in [-0.2, -0.15) is 0 Å². The van der Waals surface area contributed by atoms with Crippen molar-refractivity contribution in [1.29, 1.82) is 0 Å². The number of nitrogens with zero attached hydrogens (tertiary/aromatic N) is 2. The molecule has 27 heavy (non-hydrogen) atoms. The van der Waals surface area contributed by atoms with Gasteiger partial charge in [0.15, 0.2) is 11.5 Å². The highest BCUT2D eigenvalue weighted by Crippen LogP contribution is 2.18. The fraction of sp³-hybridized carbons (Fsp3) is 0.150. The number of hydrogen-bond donors (Lipinski definition) is 2. The molecule has 7 heteroatoms. The third kappa shape index (κ3) is 5.31. The van der Waals surface area contributed by atoms with Crippen molar-refractivity contribution >= 4 is 17.4 Å². The first kappa shape index (κ1) is 18.4. The third-order valence-corrected chi connectivity index (χ3v) is 3.86. The van der Waals surface area contributed by atoms with Crippen LogP contribution in [0.2, 0.25) is 0 Å². The lowest BCUT2D eigenvalue weighted by atomic mass is 10.1. The van der Waals surface area contributed by atoms with E-state index in [1.54, 1.807) is 0 Å². The van der Waals surface area contributed by atoms with Crippen LogP contribution in [-0.2, 0) is 6.42 Å². The molecule has 0 spiro atoms. The van der Waals surface area contributed by atoms with Crippen molar-refractivity contribution in [3.63, 3.8) is 0 Å². The normalized spacial score (nSPS) is 10.4. The van der Waals surface area contributed by atoms with Crippen LogP contribution in [-0.4, -0.2) is 22.6 Å². The fourth-order valence-electron chi connectivity index (χ4n) is 2.48. The molecule has 0 atom stereocenters. The number of nitrogens with one attached hydrogen (secondary N) is 2. The number of amides is 1. The second kappa shape index (κ2) is 8.84. The Morgan fingerprint density at radius 3 is 2.48 bits per heavy atom. The molecule has 0 saturated carbocycles. The van der Waals surface area contributed by atoms with Crippen LogP contribution in [0.15, 0.2) is 60.7 Å². The average molecular weight is 368 g/mol. The molecule has 3 rings (SSSR count). The Morgan fingerprint density at radius 1 is 0.963 bits per heavy atom. The molecule has 1 heterocycles. The highest BCUT2D eigenvalue weighted by molar-refractivity contribution is 5.92. The number of halogens is 2. The lowest BCUT2D eigenvalue weighted by Gasteiger charge is -2.07. The first-order valence-corrected chi connectivity index (χ1v) is 8.50. The molecule has 138 valence electrons. The molecule has 0 radical (unpaired) electrons. The highest BCUT2D eigenvalue weighted by Gasteiger charge is 2.09. The Balaban J connectivity index is 1.49. The van der Waals surface area contributed by atoms with Crippen LogP contribution in [0.4, 0.5) is 20.3 Å². The minimum Gasteiger partial charge on any atom is -0.351 e. The van der Waals surface area contributed by atoms with Crippen LogP contribution in [0.25, 0.3) is 0 Å². The van der Waals surface area contributed by atoms with Crippen LogP contribution in [0, 0.1) is 11.6 Å². The van der Waals surface area contributed by atoms with Gasteiger partial charge in [0.05, 0.1) is 5.69 Å². The standard InChI is InChI=1S/C20H18F2N4O/c21-15-8-9-17(16(22)13-15)24-19-11-10-18(25-26-19)20(27)23-12-4-7-14-5-2-1-3-6-14/h1-3,5-6,8-11,13H,4,7,12H2,(H,23,27)(H,24,26). The van der Waals surface area contributed by atoms with E-state index in [4.69, 9.17) is 0 Å². The van der Waals surface area contributed by atoms with Crippen LogP contribution in [0.1, 0.15) is 22.5 Å². The molecule has 0 bridgehead atoms. The van der Waals surface area contributed by atoms with Gasteiger partial charge in [0.25, 0.3) is 5.91 Å². The van der Waals surface area contributed by atoms with E-state index in [1.807, 2.05) is 30.3 Å². The number of aromatic nitrogens is 2. The largest absolute Gasteiger partial charge is 0.351 e. The minimum atomic E-state index is -0.739. The minimum absolute atomic E-state index is 0.0730. The molecule has 0 saturated heterocycles. The Kier molecular flexibility index (Phi) is 6.04. The van der Waals surface area contributed by atoms with Gasteiger partial charge in [-0.1, -0.05) is 30.3 Å². The molecule has 5 nitrogen and oxygen atoms in total. The Morgan fingerprint density at radius 2 is 1.78 bits per heavy atom. The van der Waals surface area contributed by atoms with Gasteiger partial charge < -0.3 is 10.6 Å².